The molecule has 0 aromatic carbocycles. The van der Waals surface area contributed by atoms with Crippen molar-refractivity contribution in [1.29, 1.82) is 0 Å². The molecule has 120 valence electrons. The fraction of sp³-hybridized carbons (Fsp3) is 0.714. The van der Waals surface area contributed by atoms with Crippen LogP contribution in [0.15, 0.2) is 16.3 Å². The molecule has 7 heteroatoms. The minimum absolute atomic E-state index is 0.286. The first-order chi connectivity index (χ1) is 9.97. The zero-order valence-electron chi connectivity index (χ0n) is 12.6. The zero-order chi connectivity index (χ0) is 15.3. The molecule has 0 amide bonds. The van der Waals surface area contributed by atoms with Crippen LogP contribution in [-0.2, 0) is 21.3 Å². The third kappa shape index (κ3) is 5.34. The van der Waals surface area contributed by atoms with Crippen molar-refractivity contribution in [2.75, 3.05) is 19.8 Å². The lowest BCUT2D eigenvalue weighted by Crippen LogP contribution is -2.33. The second kappa shape index (κ2) is 7.69. The molecule has 1 saturated heterocycles. The second-order valence-electron chi connectivity index (χ2n) is 5.72. The highest BCUT2D eigenvalue weighted by atomic mass is 32.2. The summed E-state index contributed by atoms with van der Waals surface area (Å²) in [6.07, 6.45) is 2.03. The Morgan fingerprint density at radius 3 is 2.95 bits per heavy atom. The van der Waals surface area contributed by atoms with Crippen LogP contribution in [0, 0.1) is 5.92 Å². The number of sulfonamides is 1. The number of nitrogens with one attached hydrogen (secondary N) is 2. The Morgan fingerprint density at radius 2 is 2.29 bits per heavy atom. The molecule has 0 saturated carbocycles. The molecule has 5 nitrogen and oxygen atoms in total. The first-order valence-corrected chi connectivity index (χ1v) is 9.72. The quantitative estimate of drug-likeness (QED) is 0.801. The van der Waals surface area contributed by atoms with Crippen molar-refractivity contribution in [1.82, 2.24) is 10.0 Å². The number of hydrogen-bond donors (Lipinski definition) is 2. The molecule has 1 aliphatic heterocycles. The van der Waals surface area contributed by atoms with Crippen molar-refractivity contribution >= 4 is 21.4 Å². The van der Waals surface area contributed by atoms with E-state index >= 15 is 0 Å². The van der Waals surface area contributed by atoms with Crippen LogP contribution >= 0.6 is 11.3 Å². The van der Waals surface area contributed by atoms with Crippen LogP contribution in [0.4, 0.5) is 0 Å². The molecule has 1 aromatic rings. The van der Waals surface area contributed by atoms with E-state index in [9.17, 15) is 8.42 Å². The molecular weight excluding hydrogens is 308 g/mol. The third-order valence-corrected chi connectivity index (χ3v) is 5.93. The van der Waals surface area contributed by atoms with Crippen LogP contribution < -0.4 is 10.0 Å². The summed E-state index contributed by atoms with van der Waals surface area (Å²) in [5, 5.41) is 4.99. The maximum atomic E-state index is 12.3. The average molecular weight is 332 g/mol. The molecule has 1 aromatic heterocycles. The van der Waals surface area contributed by atoms with Crippen LogP contribution in [-0.4, -0.2) is 34.2 Å². The molecule has 0 spiro atoms. The Morgan fingerprint density at radius 1 is 1.48 bits per heavy atom. The van der Waals surface area contributed by atoms with Crippen molar-refractivity contribution in [2.45, 2.75) is 44.2 Å². The molecule has 1 fully saturated rings. The fourth-order valence-corrected chi connectivity index (χ4v) is 4.52. The highest BCUT2D eigenvalue weighted by molar-refractivity contribution is 7.89. The van der Waals surface area contributed by atoms with Crippen molar-refractivity contribution in [3.63, 3.8) is 0 Å². The summed E-state index contributed by atoms with van der Waals surface area (Å²) in [5.41, 5.74) is 0. The van der Waals surface area contributed by atoms with E-state index in [0.717, 1.165) is 24.3 Å². The first-order valence-electron chi connectivity index (χ1n) is 7.35. The fourth-order valence-electron chi connectivity index (χ4n) is 2.18. The standard InChI is InChI=1S/C14H24N2O3S2/c1-11(2)15-8-13-6-14(10-20-13)21(17,18)16-7-12-4-3-5-19-9-12/h6,10-12,15-16H,3-5,7-9H2,1-2H3. The van der Waals surface area contributed by atoms with E-state index in [-0.39, 0.29) is 5.92 Å². The van der Waals surface area contributed by atoms with Gasteiger partial charge in [-0.1, -0.05) is 13.8 Å². The lowest BCUT2D eigenvalue weighted by Gasteiger charge is -2.21. The lowest BCUT2D eigenvalue weighted by molar-refractivity contribution is 0.0568. The van der Waals surface area contributed by atoms with Gasteiger partial charge in [-0.15, -0.1) is 11.3 Å². The number of rotatable bonds is 7. The maximum Gasteiger partial charge on any atom is 0.241 e. The molecule has 0 aliphatic carbocycles. The van der Waals surface area contributed by atoms with E-state index in [4.69, 9.17) is 4.74 Å². The summed E-state index contributed by atoms with van der Waals surface area (Å²) in [6, 6.07) is 2.14. The van der Waals surface area contributed by atoms with Gasteiger partial charge in [0.1, 0.15) is 0 Å². The van der Waals surface area contributed by atoms with Crippen molar-refractivity contribution in [2.24, 2.45) is 5.92 Å². The van der Waals surface area contributed by atoms with E-state index in [1.165, 1.54) is 11.3 Å². The van der Waals surface area contributed by atoms with Gasteiger partial charge in [0.15, 0.2) is 0 Å². The number of hydrogen-bond acceptors (Lipinski definition) is 5. The Labute approximate surface area is 131 Å². The average Bonchev–Trinajstić information content (AvgIpc) is 2.94. The third-order valence-electron chi connectivity index (χ3n) is 3.44. The lowest BCUT2D eigenvalue weighted by atomic mass is 10.0. The summed E-state index contributed by atoms with van der Waals surface area (Å²) < 4.78 is 32.6. The van der Waals surface area contributed by atoms with Gasteiger partial charge in [-0.2, -0.15) is 0 Å². The van der Waals surface area contributed by atoms with Crippen molar-refractivity contribution in [3.05, 3.63) is 16.3 Å². The minimum Gasteiger partial charge on any atom is -0.381 e. The van der Waals surface area contributed by atoms with Gasteiger partial charge in [-0.3, -0.25) is 0 Å². The van der Waals surface area contributed by atoms with Gasteiger partial charge < -0.3 is 10.1 Å². The second-order valence-corrected chi connectivity index (χ2v) is 8.48. The van der Waals surface area contributed by atoms with E-state index in [1.807, 2.05) is 0 Å². The minimum atomic E-state index is -3.40. The van der Waals surface area contributed by atoms with Gasteiger partial charge in [0.2, 0.25) is 10.0 Å². The molecule has 1 atom stereocenters. The smallest absolute Gasteiger partial charge is 0.241 e. The highest BCUT2D eigenvalue weighted by Gasteiger charge is 2.20. The maximum absolute atomic E-state index is 12.3. The SMILES string of the molecule is CC(C)NCc1cc(S(=O)(=O)NCC2CCCOC2)cs1. The largest absolute Gasteiger partial charge is 0.381 e. The Kier molecular flexibility index (Phi) is 6.19. The Hall–Kier alpha value is -0.470. The number of ether oxygens (including phenoxy) is 1. The summed E-state index contributed by atoms with van der Waals surface area (Å²) in [5.74, 6) is 0.286. The molecule has 0 bridgehead atoms. The molecule has 1 unspecified atom stereocenters. The van der Waals surface area contributed by atoms with Gasteiger partial charge in [0.25, 0.3) is 0 Å². The van der Waals surface area contributed by atoms with E-state index in [1.54, 1.807) is 11.4 Å². The molecular formula is C14H24N2O3S2. The van der Waals surface area contributed by atoms with Crippen LogP contribution in [0.2, 0.25) is 0 Å². The summed E-state index contributed by atoms with van der Waals surface area (Å²) in [4.78, 5) is 1.40. The van der Waals surface area contributed by atoms with Crippen LogP contribution in [0.3, 0.4) is 0 Å². The van der Waals surface area contributed by atoms with E-state index in [0.29, 0.717) is 30.6 Å². The number of thiophene rings is 1. The zero-order valence-corrected chi connectivity index (χ0v) is 14.2. The summed E-state index contributed by atoms with van der Waals surface area (Å²) >= 11 is 1.47. The molecule has 0 radical (unpaired) electrons. The molecule has 21 heavy (non-hydrogen) atoms. The van der Waals surface area contributed by atoms with Gasteiger partial charge in [0, 0.05) is 36.0 Å². The van der Waals surface area contributed by atoms with Gasteiger partial charge in [0.05, 0.1) is 11.5 Å². The predicted molar refractivity (Wildman–Crippen MR) is 85.0 cm³/mol. The molecule has 2 rings (SSSR count). The Bertz CT molecular complexity index is 534. The normalized spacial score (nSPS) is 20.0. The highest BCUT2D eigenvalue weighted by Crippen LogP contribution is 2.20. The van der Waals surface area contributed by atoms with Crippen LogP contribution in [0.1, 0.15) is 31.6 Å². The summed E-state index contributed by atoms with van der Waals surface area (Å²) in [6.45, 7) is 6.74. The van der Waals surface area contributed by atoms with Gasteiger partial charge in [-0.05, 0) is 24.8 Å². The summed E-state index contributed by atoms with van der Waals surface area (Å²) in [7, 11) is -3.40. The molecule has 1 aliphatic rings. The van der Waals surface area contributed by atoms with Gasteiger partial charge >= 0.3 is 0 Å². The van der Waals surface area contributed by atoms with Crippen LogP contribution in [0.25, 0.3) is 0 Å². The van der Waals surface area contributed by atoms with Gasteiger partial charge in [-0.25, -0.2) is 13.1 Å². The monoisotopic (exact) mass is 332 g/mol. The van der Waals surface area contributed by atoms with Crippen molar-refractivity contribution < 1.29 is 13.2 Å². The van der Waals surface area contributed by atoms with Crippen LogP contribution in [0.5, 0.6) is 0 Å². The van der Waals surface area contributed by atoms with E-state index in [2.05, 4.69) is 23.9 Å². The predicted octanol–water partition coefficient (Wildman–Crippen LogP) is 1.95. The first kappa shape index (κ1) is 16.9. The Balaban J connectivity index is 1.89. The van der Waals surface area contributed by atoms with E-state index < -0.39 is 10.0 Å². The molecule has 2 heterocycles. The topological polar surface area (TPSA) is 67.4 Å². The molecule has 2 N–H and O–H groups in total. The van der Waals surface area contributed by atoms with Crippen molar-refractivity contribution in [3.8, 4) is 0 Å².